The van der Waals surface area contributed by atoms with Crippen LogP contribution in [-0.4, -0.2) is 25.0 Å². The molecule has 0 saturated carbocycles. The molecule has 0 unspecified atom stereocenters. The molecule has 0 aromatic heterocycles. The summed E-state index contributed by atoms with van der Waals surface area (Å²) in [5.74, 6) is 0.196. The maximum absolute atomic E-state index is 13.5. The summed E-state index contributed by atoms with van der Waals surface area (Å²) in [5.41, 5.74) is 3.42. The third-order valence-corrected chi connectivity index (χ3v) is 6.41. The molecule has 2 aromatic carbocycles. The van der Waals surface area contributed by atoms with Crippen LogP contribution in [0.4, 0.5) is 11.4 Å². The molecule has 1 fully saturated rings. The molecule has 2 aliphatic heterocycles. The van der Waals surface area contributed by atoms with Crippen molar-refractivity contribution in [2.45, 2.75) is 45.7 Å². The molecule has 158 valence electrons. The average Bonchev–Trinajstić information content (AvgIpc) is 3.24. The van der Waals surface area contributed by atoms with Crippen LogP contribution >= 0.6 is 0 Å². The van der Waals surface area contributed by atoms with Crippen LogP contribution in [0.5, 0.6) is 5.75 Å². The number of carbonyl (C=O) groups excluding carboxylic acids is 2. The van der Waals surface area contributed by atoms with Gasteiger partial charge in [0, 0.05) is 23.0 Å². The predicted molar refractivity (Wildman–Crippen MR) is 118 cm³/mol. The summed E-state index contributed by atoms with van der Waals surface area (Å²) < 4.78 is 5.19. The number of ether oxygens (including phenoxy) is 1. The molecule has 0 radical (unpaired) electrons. The van der Waals surface area contributed by atoms with E-state index in [9.17, 15) is 9.59 Å². The molecular formula is C24H29N3O3. The largest absolute Gasteiger partial charge is 0.497 e. The number of fused-ring (bicyclic) bond motifs is 2. The summed E-state index contributed by atoms with van der Waals surface area (Å²) in [6, 6.07) is 11.4. The van der Waals surface area contributed by atoms with E-state index in [1.165, 1.54) is 0 Å². The van der Waals surface area contributed by atoms with Gasteiger partial charge in [-0.05, 0) is 56.0 Å². The van der Waals surface area contributed by atoms with Gasteiger partial charge in [0.25, 0.3) is 0 Å². The molecule has 6 nitrogen and oxygen atoms in total. The zero-order chi connectivity index (χ0) is 21.6. The Morgan fingerprint density at radius 1 is 1.20 bits per heavy atom. The molecule has 30 heavy (non-hydrogen) atoms. The Kier molecular flexibility index (Phi) is 5.06. The van der Waals surface area contributed by atoms with Crippen molar-refractivity contribution in [3.05, 3.63) is 53.1 Å². The van der Waals surface area contributed by atoms with Crippen LogP contribution in [0.2, 0.25) is 0 Å². The van der Waals surface area contributed by atoms with Gasteiger partial charge in [0.15, 0.2) is 0 Å². The number of rotatable bonds is 4. The highest BCUT2D eigenvalue weighted by atomic mass is 16.5. The summed E-state index contributed by atoms with van der Waals surface area (Å²) in [7, 11) is 1.60. The molecule has 6 heteroatoms. The lowest BCUT2D eigenvalue weighted by Crippen LogP contribution is -2.52. The number of aryl methyl sites for hydroxylation is 2. The molecule has 1 saturated heterocycles. The van der Waals surface area contributed by atoms with E-state index in [0.717, 1.165) is 28.1 Å². The maximum Gasteiger partial charge on any atom is 0.250 e. The molecule has 0 bridgehead atoms. The maximum atomic E-state index is 13.5. The minimum atomic E-state index is -1.06. The highest BCUT2D eigenvalue weighted by molar-refractivity contribution is 6.11. The first-order valence-electron chi connectivity index (χ1n) is 10.4. The van der Waals surface area contributed by atoms with Crippen molar-refractivity contribution in [3.63, 3.8) is 0 Å². The third kappa shape index (κ3) is 3.16. The summed E-state index contributed by atoms with van der Waals surface area (Å²) >= 11 is 0. The normalized spacial score (nSPS) is 24.8. The van der Waals surface area contributed by atoms with Gasteiger partial charge in [0.05, 0.1) is 13.0 Å². The van der Waals surface area contributed by atoms with E-state index in [2.05, 4.69) is 35.9 Å². The summed E-state index contributed by atoms with van der Waals surface area (Å²) in [6.07, 6.45) is 0.597. The Bertz CT molecular complexity index is 1000. The van der Waals surface area contributed by atoms with Gasteiger partial charge in [-0.25, -0.2) is 0 Å². The molecule has 2 aliphatic rings. The number of carbonyl (C=O) groups is 2. The molecule has 1 spiro atoms. The second kappa shape index (κ2) is 7.43. The SMILES string of the molecule is COc1ccc(NC(=O)[C@H]2C[C@H](C(C)C)N[C@]23C(=O)Nc2c(C)cc(C)cc23)cc1. The number of benzene rings is 2. The summed E-state index contributed by atoms with van der Waals surface area (Å²) in [6.45, 7) is 8.24. The van der Waals surface area contributed by atoms with Crippen molar-refractivity contribution in [2.75, 3.05) is 17.7 Å². The first-order valence-corrected chi connectivity index (χ1v) is 10.4. The molecule has 0 aliphatic carbocycles. The van der Waals surface area contributed by atoms with Gasteiger partial charge in [-0.2, -0.15) is 0 Å². The lowest BCUT2D eigenvalue weighted by Gasteiger charge is -2.30. The molecule has 2 aromatic rings. The highest BCUT2D eigenvalue weighted by Crippen LogP contribution is 2.49. The second-order valence-electron chi connectivity index (χ2n) is 8.77. The fraction of sp³-hybridized carbons (Fsp3) is 0.417. The minimum absolute atomic E-state index is 0.0640. The van der Waals surface area contributed by atoms with Gasteiger partial charge in [0.2, 0.25) is 11.8 Å². The van der Waals surface area contributed by atoms with Crippen molar-refractivity contribution >= 4 is 23.2 Å². The Morgan fingerprint density at radius 3 is 2.53 bits per heavy atom. The second-order valence-corrected chi connectivity index (χ2v) is 8.77. The third-order valence-electron chi connectivity index (χ3n) is 6.41. The topological polar surface area (TPSA) is 79.5 Å². The average molecular weight is 408 g/mol. The smallest absolute Gasteiger partial charge is 0.250 e. The first-order chi connectivity index (χ1) is 14.3. The van der Waals surface area contributed by atoms with Gasteiger partial charge in [-0.1, -0.05) is 31.5 Å². The lowest BCUT2D eigenvalue weighted by molar-refractivity contribution is -0.130. The molecule has 3 atom stereocenters. The molecule has 2 heterocycles. The summed E-state index contributed by atoms with van der Waals surface area (Å²) in [5, 5.41) is 9.63. The monoisotopic (exact) mass is 407 g/mol. The fourth-order valence-electron chi connectivity index (χ4n) is 4.80. The minimum Gasteiger partial charge on any atom is -0.497 e. The van der Waals surface area contributed by atoms with Crippen molar-refractivity contribution in [1.29, 1.82) is 0 Å². The van der Waals surface area contributed by atoms with Gasteiger partial charge in [-0.15, -0.1) is 0 Å². The highest BCUT2D eigenvalue weighted by Gasteiger charge is 2.60. The van der Waals surface area contributed by atoms with Crippen LogP contribution in [0, 0.1) is 25.7 Å². The number of anilines is 2. The van der Waals surface area contributed by atoms with E-state index < -0.39 is 11.5 Å². The van der Waals surface area contributed by atoms with Crippen LogP contribution < -0.4 is 20.7 Å². The summed E-state index contributed by atoms with van der Waals surface area (Å²) in [4.78, 5) is 26.8. The van der Waals surface area contributed by atoms with Crippen LogP contribution in [0.1, 0.15) is 37.0 Å². The number of nitrogens with one attached hydrogen (secondary N) is 3. The van der Waals surface area contributed by atoms with Gasteiger partial charge in [0.1, 0.15) is 11.3 Å². The van der Waals surface area contributed by atoms with Crippen LogP contribution in [0.15, 0.2) is 36.4 Å². The molecule has 4 rings (SSSR count). The van der Waals surface area contributed by atoms with Crippen LogP contribution in [0.25, 0.3) is 0 Å². The zero-order valence-electron chi connectivity index (χ0n) is 18.1. The quantitative estimate of drug-likeness (QED) is 0.722. The van der Waals surface area contributed by atoms with E-state index in [-0.39, 0.29) is 17.9 Å². The Morgan fingerprint density at radius 2 is 1.90 bits per heavy atom. The van der Waals surface area contributed by atoms with Crippen LogP contribution in [0.3, 0.4) is 0 Å². The zero-order valence-corrected chi connectivity index (χ0v) is 18.1. The fourth-order valence-corrected chi connectivity index (χ4v) is 4.80. The van der Waals surface area contributed by atoms with Gasteiger partial charge >= 0.3 is 0 Å². The first kappa shape index (κ1) is 20.4. The number of methoxy groups -OCH3 is 1. The lowest BCUT2D eigenvalue weighted by atomic mass is 9.78. The Labute approximate surface area is 177 Å². The van der Waals surface area contributed by atoms with Gasteiger partial charge < -0.3 is 15.4 Å². The van der Waals surface area contributed by atoms with E-state index in [1.807, 2.05) is 32.0 Å². The van der Waals surface area contributed by atoms with E-state index in [4.69, 9.17) is 4.74 Å². The predicted octanol–water partition coefficient (Wildman–Crippen LogP) is 3.73. The van der Waals surface area contributed by atoms with Crippen LogP contribution in [-0.2, 0) is 15.1 Å². The Hall–Kier alpha value is -2.86. The van der Waals surface area contributed by atoms with E-state index in [0.29, 0.717) is 18.0 Å². The standard InChI is InChI=1S/C24H29N3O3/c1-13(2)20-12-19(22(28)25-16-6-8-17(30-5)9-7-16)24(27-20)18-11-14(3)10-15(4)21(18)26-23(24)29/h6-11,13,19-20,27H,12H2,1-5H3,(H,25,28)(H,26,29)/t19-,20-,24+/m1/s1. The molecular weight excluding hydrogens is 378 g/mol. The van der Waals surface area contributed by atoms with Crippen molar-refractivity contribution in [1.82, 2.24) is 5.32 Å². The Balaban J connectivity index is 1.74. The molecule has 2 amide bonds. The number of amides is 2. The number of hydrogen-bond donors (Lipinski definition) is 3. The van der Waals surface area contributed by atoms with E-state index in [1.54, 1.807) is 19.2 Å². The molecule has 3 N–H and O–H groups in total. The van der Waals surface area contributed by atoms with Gasteiger partial charge in [-0.3, -0.25) is 14.9 Å². The van der Waals surface area contributed by atoms with Crippen molar-refractivity contribution in [2.24, 2.45) is 11.8 Å². The van der Waals surface area contributed by atoms with Crippen molar-refractivity contribution in [3.8, 4) is 5.75 Å². The van der Waals surface area contributed by atoms with E-state index >= 15 is 0 Å². The number of hydrogen-bond acceptors (Lipinski definition) is 4. The van der Waals surface area contributed by atoms with Crippen molar-refractivity contribution < 1.29 is 14.3 Å².